The highest BCUT2D eigenvalue weighted by atomic mass is 35.5. The van der Waals surface area contributed by atoms with E-state index in [-0.39, 0.29) is 109 Å². The summed E-state index contributed by atoms with van der Waals surface area (Å²) in [5, 5.41) is 15.5. The lowest BCUT2D eigenvalue weighted by atomic mass is 9.92. The van der Waals surface area contributed by atoms with E-state index in [0.717, 1.165) is 101 Å². The van der Waals surface area contributed by atoms with Gasteiger partial charge in [-0.2, -0.15) is 0 Å². The number of nitrogens with zero attached hydrogens (tertiary/aromatic N) is 6. The number of aldehydes is 1. The number of hydrogen-bond donors (Lipinski definition) is 5. The lowest BCUT2D eigenvalue weighted by molar-refractivity contribution is -0.137. The maximum absolute atomic E-state index is 12.4. The smallest absolute Gasteiger partial charge is 0.354 e. The topological polar surface area (TPSA) is 338 Å². The number of aromatic nitrogens is 3. The Balaban J connectivity index is 0.000000167. The molecule has 0 radical (unpaired) electrons. The summed E-state index contributed by atoms with van der Waals surface area (Å²) in [6.45, 7) is 8.01. The minimum atomic E-state index is -0.995. The molecular weight excluding hydrogens is 1100 g/mol. The number of Topliss-reactive ketones (excluding diaryl/α,β-unsaturated/α-hetero) is 2. The highest BCUT2D eigenvalue weighted by molar-refractivity contribution is 6.04. The molecule has 8 fully saturated rings. The normalized spacial score (nSPS) is 23.0. The van der Waals surface area contributed by atoms with E-state index in [1.54, 1.807) is 36.8 Å². The number of carboxylic acid groups (broad SMARTS) is 1. The van der Waals surface area contributed by atoms with Gasteiger partial charge in [-0.3, -0.25) is 64.3 Å². The van der Waals surface area contributed by atoms with Gasteiger partial charge < -0.3 is 49.3 Å². The first kappa shape index (κ1) is 63.4. The van der Waals surface area contributed by atoms with Crippen molar-refractivity contribution in [2.75, 3.05) is 80.4 Å². The minimum absolute atomic E-state index is 0. The summed E-state index contributed by atoms with van der Waals surface area (Å²) in [6, 6.07) is 10.0. The first-order chi connectivity index (χ1) is 39.6. The molecule has 83 heavy (non-hydrogen) atoms. The lowest BCUT2D eigenvalue weighted by Gasteiger charge is -2.35. The number of ether oxygens (including phenoxy) is 4. The van der Waals surface area contributed by atoms with Crippen LogP contribution in [0.25, 0.3) is 0 Å². The number of halogens is 1. The predicted molar refractivity (Wildman–Crippen MR) is 299 cm³/mol. The number of carboxylic acids is 1. The molecule has 0 spiro atoms. The van der Waals surface area contributed by atoms with Crippen LogP contribution in [0.2, 0.25) is 0 Å². The van der Waals surface area contributed by atoms with Crippen molar-refractivity contribution in [3.05, 3.63) is 72.1 Å². The van der Waals surface area contributed by atoms with Gasteiger partial charge in [-0.15, -0.1) is 12.4 Å². The highest BCUT2D eigenvalue weighted by Gasteiger charge is 2.34. The van der Waals surface area contributed by atoms with Gasteiger partial charge >= 0.3 is 5.97 Å². The van der Waals surface area contributed by atoms with Crippen molar-refractivity contribution in [1.82, 2.24) is 30.9 Å². The Kier molecular flexibility index (Phi) is 23.6. The Labute approximate surface area is 486 Å². The van der Waals surface area contributed by atoms with E-state index in [9.17, 15) is 47.9 Å². The molecule has 0 unspecified atom stereocenters. The molecule has 3 aromatic rings. The molecule has 448 valence electrons. The van der Waals surface area contributed by atoms with Crippen LogP contribution >= 0.6 is 12.4 Å². The van der Waals surface area contributed by atoms with Crippen LogP contribution < -0.4 is 36.4 Å². The standard InChI is InChI=1S/C20H25N3O5.C18H21N3O4.C14H18N2O4.C5H8N2O2.ClH/c24-17(11-14-1-4-18(25)22-19(14)26)16-3-2-15(12-21-16)23-7-5-13(6-8-23)20-27-9-10-28-20;22-11-12-5-7-21(8-6-12)14-2-3-15(19-10-14)16(23)9-13-1-4-17(24)20-18(13)25;17-13(18)12-2-1-11(9-15-12)16-5-3-10(4-6-16)14-19-7-8-20-14;6-3-1-2-4(8)7-5(3)9;/h2-3,12-14,20H,1,4-11H2,(H,22,25,26);2-3,10-13H,1,4-9H2,(H,20,24,25);1-2,9-10,14H,3-8H2,(H,17,18);3H,1-2,6H2,(H,7,8,9);1H/t14-;13-;;3-;/m00.1./s1. The Morgan fingerprint density at radius 3 is 1.18 bits per heavy atom. The number of ketones is 2. The fourth-order valence-corrected chi connectivity index (χ4v) is 10.9. The number of hydrogen-bond acceptors (Lipinski definition) is 21. The fourth-order valence-electron chi connectivity index (χ4n) is 10.9. The van der Waals surface area contributed by atoms with Gasteiger partial charge in [-0.25, -0.2) is 9.78 Å². The predicted octanol–water partition coefficient (Wildman–Crippen LogP) is 2.96. The van der Waals surface area contributed by atoms with Gasteiger partial charge in [-0.1, -0.05) is 0 Å². The minimum Gasteiger partial charge on any atom is -0.477 e. The third kappa shape index (κ3) is 18.2. The van der Waals surface area contributed by atoms with E-state index in [0.29, 0.717) is 75.3 Å². The number of imide groups is 3. The van der Waals surface area contributed by atoms with E-state index in [1.807, 2.05) is 18.2 Å². The van der Waals surface area contributed by atoms with Crippen molar-refractivity contribution in [2.45, 2.75) is 109 Å². The molecule has 8 aliphatic rings. The van der Waals surface area contributed by atoms with Crippen LogP contribution in [0.3, 0.4) is 0 Å². The summed E-state index contributed by atoms with van der Waals surface area (Å²) < 4.78 is 22.3. The molecule has 0 bridgehead atoms. The SMILES string of the molecule is Cl.N[C@@H]1CCC(=O)NC1=O.O=C(O)c1ccc(N2CCC(C3OCCO3)CC2)cn1.O=C1CC[C@@H](CC(=O)c2ccc(N3CCC(C4OCCO4)CC3)cn2)C(=O)N1.O=CC1CCN(c2ccc(C(=O)C[C@@H]3CCC(=O)NC3=O)nc2)CC1. The molecule has 0 saturated carbocycles. The van der Waals surface area contributed by atoms with Crippen LogP contribution in [0, 0.1) is 29.6 Å². The summed E-state index contributed by atoms with van der Waals surface area (Å²) >= 11 is 0. The van der Waals surface area contributed by atoms with Crippen molar-refractivity contribution in [3.63, 3.8) is 0 Å². The van der Waals surface area contributed by atoms with Gasteiger partial charge in [0.05, 0.1) is 68.1 Å². The van der Waals surface area contributed by atoms with Crippen molar-refractivity contribution in [2.24, 2.45) is 35.3 Å². The molecule has 8 aliphatic heterocycles. The van der Waals surface area contributed by atoms with Crippen LogP contribution in [-0.4, -0.2) is 164 Å². The second-order valence-corrected chi connectivity index (χ2v) is 21.4. The van der Waals surface area contributed by atoms with Gasteiger partial charge in [0.1, 0.15) is 23.4 Å². The van der Waals surface area contributed by atoms with Gasteiger partial charge in [0, 0.05) is 101 Å². The number of aromatic carboxylic acids is 1. The Morgan fingerprint density at radius 1 is 0.518 bits per heavy atom. The van der Waals surface area contributed by atoms with Crippen molar-refractivity contribution < 1.29 is 72.0 Å². The number of nitrogens with one attached hydrogen (secondary N) is 3. The number of rotatable bonds is 13. The number of amides is 6. The van der Waals surface area contributed by atoms with Crippen molar-refractivity contribution in [3.8, 4) is 0 Å². The van der Waals surface area contributed by atoms with Crippen molar-refractivity contribution >= 4 is 88.7 Å². The second-order valence-electron chi connectivity index (χ2n) is 21.4. The summed E-state index contributed by atoms with van der Waals surface area (Å²) in [7, 11) is 0. The van der Waals surface area contributed by atoms with Crippen LogP contribution in [-0.2, 0) is 52.5 Å². The van der Waals surface area contributed by atoms with E-state index >= 15 is 0 Å². The Hall–Kier alpha value is -7.16. The van der Waals surface area contributed by atoms with E-state index in [1.165, 1.54) is 0 Å². The number of pyridine rings is 3. The number of piperidine rings is 6. The van der Waals surface area contributed by atoms with Crippen LogP contribution in [0.1, 0.15) is 121 Å². The number of carbonyl (C=O) groups is 10. The maximum Gasteiger partial charge on any atom is 0.354 e. The molecule has 11 rings (SSSR count). The average molecular weight is 1170 g/mol. The van der Waals surface area contributed by atoms with Crippen molar-refractivity contribution in [1.29, 1.82) is 0 Å². The van der Waals surface area contributed by atoms with Gasteiger partial charge in [0.15, 0.2) is 24.1 Å². The zero-order chi connectivity index (χ0) is 58.1. The Morgan fingerprint density at radius 2 is 0.867 bits per heavy atom. The molecule has 6 amide bonds. The first-order valence-corrected chi connectivity index (χ1v) is 28.2. The number of anilines is 3. The maximum atomic E-state index is 12.4. The molecule has 0 aliphatic carbocycles. The monoisotopic (exact) mass is 1170 g/mol. The molecule has 8 saturated heterocycles. The second kappa shape index (κ2) is 30.9. The quantitative estimate of drug-likeness (QED) is 0.0933. The van der Waals surface area contributed by atoms with E-state index in [2.05, 4.69) is 45.6 Å². The van der Waals surface area contributed by atoms with Crippen LogP contribution in [0.15, 0.2) is 55.0 Å². The van der Waals surface area contributed by atoms with Crippen LogP contribution in [0.4, 0.5) is 17.1 Å². The molecule has 3 aromatic heterocycles. The third-order valence-corrected chi connectivity index (χ3v) is 15.9. The zero-order valence-electron chi connectivity index (χ0n) is 46.2. The largest absolute Gasteiger partial charge is 0.477 e. The summed E-state index contributed by atoms with van der Waals surface area (Å²) in [6.07, 6.45) is 14.0. The van der Waals surface area contributed by atoms with Gasteiger partial charge in [0.2, 0.25) is 35.4 Å². The summed E-state index contributed by atoms with van der Waals surface area (Å²) in [5.74, 6) is -3.12. The number of carbonyl (C=O) groups excluding carboxylic acids is 9. The van der Waals surface area contributed by atoms with Crippen LogP contribution in [0.5, 0.6) is 0 Å². The molecule has 25 nitrogen and oxygen atoms in total. The van der Waals surface area contributed by atoms with Gasteiger partial charge in [-0.05, 0) is 94.2 Å². The summed E-state index contributed by atoms with van der Waals surface area (Å²) in [4.78, 5) is 132. The molecular formula is C57H73ClN10O15. The number of nitrogens with two attached hydrogens (primary N) is 1. The molecule has 26 heteroatoms. The molecule has 6 N–H and O–H groups in total. The molecule has 3 atom stereocenters. The highest BCUT2D eigenvalue weighted by Crippen LogP contribution is 2.31. The summed E-state index contributed by atoms with van der Waals surface area (Å²) in [5.41, 5.74) is 8.94. The van der Waals surface area contributed by atoms with E-state index < -0.39 is 23.8 Å². The fraction of sp³-hybridized carbons (Fsp3) is 0.561. The lowest BCUT2D eigenvalue weighted by Crippen LogP contribution is -2.48. The van der Waals surface area contributed by atoms with E-state index in [4.69, 9.17) is 29.8 Å². The van der Waals surface area contributed by atoms with Gasteiger partial charge in [0.25, 0.3) is 0 Å². The zero-order valence-corrected chi connectivity index (χ0v) is 47.0. The Bertz CT molecular complexity index is 2740. The molecule has 11 heterocycles. The first-order valence-electron chi connectivity index (χ1n) is 28.2. The molecule has 0 aromatic carbocycles. The third-order valence-electron chi connectivity index (χ3n) is 15.9. The average Bonchev–Trinajstić information content (AvgIpc) is 4.38.